The summed E-state index contributed by atoms with van der Waals surface area (Å²) in [4.78, 5) is 15.1. The summed E-state index contributed by atoms with van der Waals surface area (Å²) >= 11 is 0. The van der Waals surface area contributed by atoms with Gasteiger partial charge < -0.3 is 15.0 Å². The summed E-state index contributed by atoms with van der Waals surface area (Å²) in [6.45, 7) is 5.89. The van der Waals surface area contributed by atoms with Gasteiger partial charge in [-0.05, 0) is 61.1 Å². The van der Waals surface area contributed by atoms with Gasteiger partial charge in [0.05, 0.1) is 6.61 Å². The van der Waals surface area contributed by atoms with Gasteiger partial charge in [0.15, 0.2) is 0 Å². The first-order chi connectivity index (χ1) is 13.2. The summed E-state index contributed by atoms with van der Waals surface area (Å²) in [5.74, 6) is 0.566. The van der Waals surface area contributed by atoms with Gasteiger partial charge in [0.25, 0.3) is 5.91 Å². The van der Waals surface area contributed by atoms with Crippen LogP contribution in [0.25, 0.3) is 0 Å². The highest BCUT2D eigenvalue weighted by molar-refractivity contribution is 5.94. The molecule has 0 bridgehead atoms. The van der Waals surface area contributed by atoms with Crippen LogP contribution in [0.4, 0.5) is 0 Å². The van der Waals surface area contributed by atoms with Crippen molar-refractivity contribution in [3.8, 4) is 0 Å². The molecule has 1 atom stereocenters. The zero-order valence-electron chi connectivity index (χ0n) is 16.4. The van der Waals surface area contributed by atoms with Gasteiger partial charge in [-0.15, -0.1) is 0 Å². The molecule has 0 radical (unpaired) electrons. The Hall–Kier alpha value is -2.17. The number of piperidine rings is 1. The highest BCUT2D eigenvalue weighted by Crippen LogP contribution is 2.24. The first-order valence-electron chi connectivity index (χ1n) is 9.82. The van der Waals surface area contributed by atoms with Gasteiger partial charge in [0.1, 0.15) is 0 Å². The van der Waals surface area contributed by atoms with E-state index in [0.29, 0.717) is 25.6 Å². The van der Waals surface area contributed by atoms with Gasteiger partial charge in [0.2, 0.25) is 0 Å². The molecule has 1 heterocycles. The van der Waals surface area contributed by atoms with Crippen LogP contribution in [-0.4, -0.2) is 44.2 Å². The van der Waals surface area contributed by atoms with E-state index in [9.17, 15) is 4.79 Å². The lowest BCUT2D eigenvalue weighted by Crippen LogP contribution is -2.34. The molecule has 4 heteroatoms. The average molecular weight is 367 g/mol. The van der Waals surface area contributed by atoms with E-state index in [-0.39, 0.29) is 5.91 Å². The number of carbonyl (C=O) groups is 1. The van der Waals surface area contributed by atoms with Crippen LogP contribution in [-0.2, 0) is 11.3 Å². The first kappa shape index (κ1) is 19.6. The minimum absolute atomic E-state index is 0.0703. The molecule has 0 aliphatic carbocycles. The third-order valence-corrected chi connectivity index (χ3v) is 5.38. The summed E-state index contributed by atoms with van der Waals surface area (Å²) in [7, 11) is 1.67. The normalized spacial score (nSPS) is 16.9. The van der Waals surface area contributed by atoms with Crippen molar-refractivity contribution in [2.75, 3.05) is 33.4 Å². The van der Waals surface area contributed by atoms with E-state index in [1.54, 1.807) is 7.11 Å². The van der Waals surface area contributed by atoms with E-state index in [4.69, 9.17) is 4.74 Å². The lowest BCUT2D eigenvalue weighted by atomic mass is 9.90. The molecule has 1 aliphatic rings. The topological polar surface area (TPSA) is 41.6 Å². The van der Waals surface area contributed by atoms with E-state index in [1.165, 1.54) is 29.5 Å². The smallest absolute Gasteiger partial charge is 0.254 e. The van der Waals surface area contributed by atoms with Crippen LogP contribution in [0.2, 0.25) is 0 Å². The Morgan fingerprint density at radius 1 is 1.22 bits per heavy atom. The third-order valence-electron chi connectivity index (χ3n) is 5.38. The maximum Gasteiger partial charge on any atom is 0.254 e. The number of ether oxygens (including phenoxy) is 1. The Bertz CT molecular complexity index is 754. The number of methoxy groups -OCH3 is 1. The molecule has 1 N–H and O–H groups in total. The van der Waals surface area contributed by atoms with Crippen molar-refractivity contribution in [3.05, 3.63) is 70.8 Å². The van der Waals surface area contributed by atoms with Gasteiger partial charge >= 0.3 is 0 Å². The van der Waals surface area contributed by atoms with E-state index in [1.807, 2.05) is 29.2 Å². The van der Waals surface area contributed by atoms with Crippen LogP contribution in [0.15, 0.2) is 48.5 Å². The second-order valence-corrected chi connectivity index (χ2v) is 7.31. The molecule has 1 fully saturated rings. The van der Waals surface area contributed by atoms with Crippen molar-refractivity contribution in [1.82, 2.24) is 10.2 Å². The molecule has 0 saturated carbocycles. The maximum atomic E-state index is 13.3. The van der Waals surface area contributed by atoms with E-state index < -0.39 is 0 Å². The molecule has 1 saturated heterocycles. The second-order valence-electron chi connectivity index (χ2n) is 7.31. The number of hydrogen-bond acceptors (Lipinski definition) is 3. The van der Waals surface area contributed by atoms with Gasteiger partial charge in [-0.2, -0.15) is 0 Å². The predicted octanol–water partition coefficient (Wildman–Crippen LogP) is 3.75. The molecular formula is C23H30N2O2. The van der Waals surface area contributed by atoms with E-state index >= 15 is 0 Å². The highest BCUT2D eigenvalue weighted by Gasteiger charge is 2.20. The first-order valence-corrected chi connectivity index (χ1v) is 9.82. The van der Waals surface area contributed by atoms with E-state index in [0.717, 1.165) is 18.7 Å². The van der Waals surface area contributed by atoms with Crippen LogP contribution in [0.5, 0.6) is 0 Å². The van der Waals surface area contributed by atoms with E-state index in [2.05, 4.69) is 36.5 Å². The number of nitrogens with zero attached hydrogens (tertiary/aromatic N) is 1. The molecule has 2 aromatic rings. The minimum atomic E-state index is 0.0703. The molecule has 0 spiro atoms. The fourth-order valence-corrected chi connectivity index (χ4v) is 3.69. The second kappa shape index (κ2) is 9.67. The summed E-state index contributed by atoms with van der Waals surface area (Å²) in [5.41, 5.74) is 4.41. The van der Waals surface area contributed by atoms with Crippen LogP contribution >= 0.6 is 0 Å². The van der Waals surface area contributed by atoms with Crippen molar-refractivity contribution in [1.29, 1.82) is 0 Å². The van der Waals surface area contributed by atoms with Gasteiger partial charge in [-0.25, -0.2) is 0 Å². The average Bonchev–Trinajstić information content (AvgIpc) is 2.72. The number of aryl methyl sites for hydroxylation is 1. The summed E-state index contributed by atoms with van der Waals surface area (Å²) < 4.78 is 5.24. The minimum Gasteiger partial charge on any atom is -0.383 e. The lowest BCUT2D eigenvalue weighted by molar-refractivity contribution is 0.0680. The van der Waals surface area contributed by atoms with Gasteiger partial charge in [-0.1, -0.05) is 36.4 Å². The fourth-order valence-electron chi connectivity index (χ4n) is 3.69. The number of amides is 1. The fraction of sp³-hybridized carbons (Fsp3) is 0.435. The molecule has 0 aromatic heterocycles. The van der Waals surface area contributed by atoms with Crippen LogP contribution in [0.1, 0.15) is 45.8 Å². The van der Waals surface area contributed by atoms with Crippen molar-refractivity contribution in [3.63, 3.8) is 0 Å². The maximum absolute atomic E-state index is 13.3. The number of nitrogens with one attached hydrogen (secondary N) is 1. The number of carbonyl (C=O) groups excluding carboxylic acids is 1. The molecule has 144 valence electrons. The Morgan fingerprint density at radius 2 is 2.07 bits per heavy atom. The standard InChI is InChI=1S/C23H30N2O2/c1-18-7-3-4-8-22(18)17-25(13-14-27-2)23(26)20-10-5-9-19(15-20)21-11-6-12-24-16-21/h3-5,7-10,15,21,24H,6,11-14,16-17H2,1-2H3. The van der Waals surface area contributed by atoms with Crippen LogP contribution < -0.4 is 5.32 Å². The Morgan fingerprint density at radius 3 is 2.81 bits per heavy atom. The molecular weight excluding hydrogens is 336 g/mol. The summed E-state index contributed by atoms with van der Waals surface area (Å²) in [6.07, 6.45) is 2.37. The number of rotatable bonds is 7. The number of hydrogen-bond donors (Lipinski definition) is 1. The monoisotopic (exact) mass is 366 g/mol. The molecule has 4 nitrogen and oxygen atoms in total. The zero-order valence-corrected chi connectivity index (χ0v) is 16.4. The van der Waals surface area contributed by atoms with Crippen molar-refractivity contribution in [2.24, 2.45) is 0 Å². The zero-order chi connectivity index (χ0) is 19.1. The summed E-state index contributed by atoms with van der Waals surface area (Å²) in [6, 6.07) is 16.4. The SMILES string of the molecule is COCCN(Cc1ccccc1C)C(=O)c1cccc(C2CCCNC2)c1. The molecule has 27 heavy (non-hydrogen) atoms. The Labute approximate surface area is 162 Å². The van der Waals surface area contributed by atoms with Crippen LogP contribution in [0.3, 0.4) is 0 Å². The lowest BCUT2D eigenvalue weighted by Gasteiger charge is -2.25. The van der Waals surface area contributed by atoms with Crippen molar-refractivity contribution in [2.45, 2.75) is 32.2 Å². The Balaban J connectivity index is 1.79. The summed E-state index contributed by atoms with van der Waals surface area (Å²) in [5, 5.41) is 3.46. The van der Waals surface area contributed by atoms with Gasteiger partial charge in [-0.3, -0.25) is 4.79 Å². The number of benzene rings is 2. The predicted molar refractivity (Wildman–Crippen MR) is 109 cm³/mol. The molecule has 3 rings (SSSR count). The molecule has 1 aliphatic heterocycles. The van der Waals surface area contributed by atoms with Crippen molar-refractivity contribution < 1.29 is 9.53 Å². The molecule has 2 aromatic carbocycles. The largest absolute Gasteiger partial charge is 0.383 e. The third kappa shape index (κ3) is 5.18. The van der Waals surface area contributed by atoms with Crippen LogP contribution in [0, 0.1) is 6.92 Å². The Kier molecular flexibility index (Phi) is 7.02. The molecule has 1 unspecified atom stereocenters. The molecule has 1 amide bonds. The highest BCUT2D eigenvalue weighted by atomic mass is 16.5. The quantitative estimate of drug-likeness (QED) is 0.811. The van der Waals surface area contributed by atoms with Crippen molar-refractivity contribution >= 4 is 5.91 Å². The van der Waals surface area contributed by atoms with Gasteiger partial charge in [0, 0.05) is 32.3 Å².